The minimum atomic E-state index is -3.49. The lowest BCUT2D eigenvalue weighted by atomic mass is 9.75. The second-order valence-electron chi connectivity index (χ2n) is 11.1. The highest BCUT2D eigenvalue weighted by Gasteiger charge is 2.44. The van der Waals surface area contributed by atoms with Gasteiger partial charge in [-0.15, -0.1) is 0 Å². The Bertz CT molecular complexity index is 1290. The minimum absolute atomic E-state index is 0.150. The largest absolute Gasteiger partial charge is 0.300 e. The third kappa shape index (κ3) is 4.53. The van der Waals surface area contributed by atoms with Crippen LogP contribution in [0.5, 0.6) is 0 Å². The molecule has 0 radical (unpaired) electrons. The van der Waals surface area contributed by atoms with E-state index in [-0.39, 0.29) is 5.41 Å². The second kappa shape index (κ2) is 9.77. The van der Waals surface area contributed by atoms with E-state index in [0.717, 1.165) is 32.4 Å². The normalized spacial score (nSPS) is 26.9. The van der Waals surface area contributed by atoms with Gasteiger partial charge in [0, 0.05) is 31.1 Å². The average molecular weight is 501 g/mol. The molecule has 7 rings (SSSR count). The van der Waals surface area contributed by atoms with Crippen LogP contribution >= 0.6 is 0 Å². The Morgan fingerprint density at radius 2 is 1.47 bits per heavy atom. The van der Waals surface area contributed by atoms with E-state index in [1.54, 1.807) is 22.0 Å². The number of benzene rings is 3. The van der Waals surface area contributed by atoms with E-state index >= 15 is 0 Å². The summed E-state index contributed by atoms with van der Waals surface area (Å²) in [6.07, 6.45) is 6.77. The summed E-state index contributed by atoms with van der Waals surface area (Å²) >= 11 is 0. The molecular weight excluding hydrogens is 464 g/mol. The summed E-state index contributed by atoms with van der Waals surface area (Å²) in [6, 6.07) is 29.2. The van der Waals surface area contributed by atoms with Gasteiger partial charge in [-0.05, 0) is 79.8 Å². The zero-order valence-corrected chi connectivity index (χ0v) is 21.7. The van der Waals surface area contributed by atoms with Crippen molar-refractivity contribution < 1.29 is 8.42 Å². The summed E-state index contributed by atoms with van der Waals surface area (Å²) in [5, 5.41) is 0. The van der Waals surface area contributed by atoms with Gasteiger partial charge in [-0.2, -0.15) is 4.31 Å². The van der Waals surface area contributed by atoms with Crippen molar-refractivity contribution in [3.63, 3.8) is 0 Å². The van der Waals surface area contributed by atoms with E-state index in [9.17, 15) is 8.42 Å². The second-order valence-corrected chi connectivity index (χ2v) is 13.0. The predicted octanol–water partition coefficient (Wildman–Crippen LogP) is 5.29. The van der Waals surface area contributed by atoms with Crippen LogP contribution in [0, 0.1) is 5.92 Å². The number of nitrogens with zero attached hydrogens (tertiary/aromatic N) is 2. The molecule has 3 aliphatic heterocycles. The maximum absolute atomic E-state index is 13.5. The molecule has 2 unspecified atom stereocenters. The van der Waals surface area contributed by atoms with Crippen LogP contribution in [0.3, 0.4) is 0 Å². The molecule has 4 nitrogen and oxygen atoms in total. The van der Waals surface area contributed by atoms with Crippen LogP contribution in [0.15, 0.2) is 89.8 Å². The molecule has 3 aromatic carbocycles. The highest BCUT2D eigenvalue weighted by atomic mass is 32.2. The third-order valence-corrected chi connectivity index (χ3v) is 10.8. The molecule has 3 aromatic rings. The Kier molecular flexibility index (Phi) is 6.49. The van der Waals surface area contributed by atoms with Gasteiger partial charge in [-0.3, -0.25) is 4.90 Å². The van der Waals surface area contributed by atoms with E-state index in [1.807, 2.05) is 18.2 Å². The number of piperidine rings is 1. The minimum Gasteiger partial charge on any atom is -0.300 e. The van der Waals surface area contributed by atoms with Crippen molar-refractivity contribution in [3.8, 4) is 0 Å². The van der Waals surface area contributed by atoms with Crippen molar-refractivity contribution in [3.05, 3.63) is 102 Å². The zero-order valence-electron chi connectivity index (χ0n) is 20.9. The van der Waals surface area contributed by atoms with Crippen LogP contribution in [0.1, 0.15) is 42.4 Å². The number of rotatable bonds is 6. The van der Waals surface area contributed by atoms with Crippen molar-refractivity contribution in [2.24, 2.45) is 5.92 Å². The van der Waals surface area contributed by atoms with Crippen LogP contribution in [-0.4, -0.2) is 49.8 Å². The van der Waals surface area contributed by atoms with Crippen molar-refractivity contribution in [2.45, 2.75) is 54.9 Å². The van der Waals surface area contributed by atoms with E-state index < -0.39 is 10.0 Å². The summed E-state index contributed by atoms with van der Waals surface area (Å²) in [7, 11) is -3.49. The number of hydrogen-bond donors (Lipinski definition) is 0. The quantitative estimate of drug-likeness (QED) is 0.462. The zero-order chi connectivity index (χ0) is 24.6. The smallest absolute Gasteiger partial charge is 0.243 e. The number of sulfonamides is 1. The molecule has 2 saturated heterocycles. The average Bonchev–Trinajstić information content (AvgIpc) is 3.35. The van der Waals surface area contributed by atoms with Crippen LogP contribution < -0.4 is 0 Å². The Hall–Kier alpha value is -2.47. The number of fused-ring (bicyclic) bond motifs is 2. The van der Waals surface area contributed by atoms with Gasteiger partial charge in [-0.25, -0.2) is 8.42 Å². The Morgan fingerprint density at radius 3 is 2.22 bits per heavy atom. The third-order valence-electron chi connectivity index (χ3n) is 8.96. The van der Waals surface area contributed by atoms with E-state index in [4.69, 9.17) is 0 Å². The highest BCUT2D eigenvalue weighted by molar-refractivity contribution is 7.89. The lowest BCUT2D eigenvalue weighted by Gasteiger charge is -2.44. The first-order chi connectivity index (χ1) is 17.5. The molecule has 1 aliphatic carbocycles. The van der Waals surface area contributed by atoms with Gasteiger partial charge in [0.15, 0.2) is 0 Å². The molecule has 3 atom stereocenters. The van der Waals surface area contributed by atoms with Gasteiger partial charge in [0.2, 0.25) is 10.0 Å². The molecule has 0 amide bonds. The van der Waals surface area contributed by atoms with Crippen molar-refractivity contribution in [1.29, 1.82) is 0 Å². The first-order valence-corrected chi connectivity index (χ1v) is 14.9. The van der Waals surface area contributed by atoms with Crippen LogP contribution in [0.2, 0.25) is 0 Å². The fraction of sp³-hybridized carbons (Fsp3) is 0.419. The summed E-state index contributed by atoms with van der Waals surface area (Å²) in [5.41, 5.74) is 4.20. The van der Waals surface area contributed by atoms with Gasteiger partial charge in [0.1, 0.15) is 0 Å². The molecule has 2 fully saturated rings. The maximum atomic E-state index is 13.5. The SMILES string of the molecule is O=S(=O)(c1ccccc1)N1CCC(CCN2CC3CC[C@H]2Cc2ccccc2C3)(c2ccccc2)C1. The van der Waals surface area contributed by atoms with Gasteiger partial charge >= 0.3 is 0 Å². The van der Waals surface area contributed by atoms with Crippen LogP contribution in [0.4, 0.5) is 0 Å². The summed E-state index contributed by atoms with van der Waals surface area (Å²) in [4.78, 5) is 3.14. The van der Waals surface area contributed by atoms with Crippen LogP contribution in [-0.2, 0) is 28.3 Å². The fourth-order valence-corrected chi connectivity index (χ4v) is 8.44. The van der Waals surface area contributed by atoms with Gasteiger partial charge in [0.25, 0.3) is 0 Å². The first-order valence-electron chi connectivity index (χ1n) is 13.5. The molecule has 4 aliphatic rings. The monoisotopic (exact) mass is 500 g/mol. The van der Waals surface area contributed by atoms with Crippen molar-refractivity contribution >= 4 is 10.0 Å². The number of hydrogen-bond acceptors (Lipinski definition) is 3. The van der Waals surface area contributed by atoms with Crippen LogP contribution in [0.25, 0.3) is 0 Å². The molecular formula is C31H36N2O2S. The first kappa shape index (κ1) is 23.9. The van der Waals surface area contributed by atoms with E-state index in [0.29, 0.717) is 29.9 Å². The van der Waals surface area contributed by atoms with Gasteiger partial charge in [0.05, 0.1) is 4.90 Å². The Balaban J connectivity index is 1.24. The molecule has 0 N–H and O–H groups in total. The summed E-state index contributed by atoms with van der Waals surface area (Å²) < 4.78 is 28.7. The summed E-state index contributed by atoms with van der Waals surface area (Å²) in [5.74, 6) is 0.717. The lowest BCUT2D eigenvalue weighted by molar-refractivity contribution is 0.0920. The highest BCUT2D eigenvalue weighted by Crippen LogP contribution is 2.41. The molecule has 188 valence electrons. The Morgan fingerprint density at radius 1 is 0.806 bits per heavy atom. The van der Waals surface area contributed by atoms with E-state index in [1.165, 1.54) is 30.4 Å². The molecule has 0 spiro atoms. The van der Waals surface area contributed by atoms with Gasteiger partial charge < -0.3 is 0 Å². The molecule has 3 heterocycles. The van der Waals surface area contributed by atoms with Gasteiger partial charge in [-0.1, -0.05) is 72.8 Å². The molecule has 2 bridgehead atoms. The molecule has 36 heavy (non-hydrogen) atoms. The maximum Gasteiger partial charge on any atom is 0.243 e. The molecule has 0 saturated carbocycles. The fourth-order valence-electron chi connectivity index (χ4n) is 6.89. The van der Waals surface area contributed by atoms with E-state index in [2.05, 4.69) is 59.5 Å². The lowest BCUT2D eigenvalue weighted by Crippen LogP contribution is -2.48. The molecule has 5 heteroatoms. The van der Waals surface area contributed by atoms with Crippen molar-refractivity contribution in [2.75, 3.05) is 26.2 Å². The predicted molar refractivity (Wildman–Crippen MR) is 144 cm³/mol. The summed E-state index contributed by atoms with van der Waals surface area (Å²) in [6.45, 7) is 3.32. The topological polar surface area (TPSA) is 40.6 Å². The standard InChI is InChI=1S/C31H36N2O2S/c34-36(35,30-13-5-2-6-14-30)33-20-18-31(24-33,28-11-3-1-4-12-28)17-19-32-23-25-15-16-29(32)22-27-10-8-7-9-26(27)21-25/h1-14,25,29H,15-24H2/t25?,29-,31?/m0/s1. The van der Waals surface area contributed by atoms with Crippen molar-refractivity contribution in [1.82, 2.24) is 9.21 Å². The molecule has 0 aromatic heterocycles. The Labute approximate surface area is 216 Å².